The second kappa shape index (κ2) is 5.28. The predicted molar refractivity (Wildman–Crippen MR) is 70.3 cm³/mol. The van der Waals surface area contributed by atoms with Crippen molar-refractivity contribution in [3.63, 3.8) is 0 Å². The summed E-state index contributed by atoms with van der Waals surface area (Å²) in [5.41, 5.74) is 0.958. The van der Waals surface area contributed by atoms with Gasteiger partial charge in [-0.05, 0) is 17.7 Å². The number of alkyl halides is 1. The lowest BCUT2D eigenvalue weighted by molar-refractivity contribution is -0.132. The molecule has 0 unspecified atom stereocenters. The van der Waals surface area contributed by atoms with Gasteiger partial charge in [-0.25, -0.2) is 4.39 Å². The van der Waals surface area contributed by atoms with Crippen molar-refractivity contribution in [1.82, 2.24) is 10.2 Å². The van der Waals surface area contributed by atoms with Crippen LogP contribution >= 0.6 is 0 Å². The average molecular weight is 280 g/mol. The summed E-state index contributed by atoms with van der Waals surface area (Å²) in [6, 6.07) is 5.19. The lowest BCUT2D eigenvalue weighted by atomic mass is 10.1. The third-order valence-corrected chi connectivity index (χ3v) is 3.61. The summed E-state index contributed by atoms with van der Waals surface area (Å²) >= 11 is 0. The van der Waals surface area contributed by atoms with Gasteiger partial charge in [-0.1, -0.05) is 6.07 Å². The van der Waals surface area contributed by atoms with Crippen LogP contribution in [0.15, 0.2) is 18.2 Å². The maximum Gasteiger partial charge on any atom is 0.239 e. The fourth-order valence-electron chi connectivity index (χ4n) is 2.54. The number of hydrogen-bond acceptors (Lipinski definition) is 4. The number of ether oxygens (including phenoxy) is 2. The zero-order valence-corrected chi connectivity index (χ0v) is 11.3. The molecule has 0 aliphatic carbocycles. The van der Waals surface area contributed by atoms with Gasteiger partial charge in [0.2, 0.25) is 12.7 Å². The molecule has 0 bridgehead atoms. The van der Waals surface area contributed by atoms with E-state index in [0.29, 0.717) is 12.3 Å². The van der Waals surface area contributed by atoms with Crippen LogP contribution in [0.1, 0.15) is 12.0 Å². The summed E-state index contributed by atoms with van der Waals surface area (Å²) < 4.78 is 23.7. The Morgan fingerprint density at radius 2 is 2.25 bits per heavy atom. The minimum absolute atomic E-state index is 0.0807. The molecule has 0 aromatic heterocycles. The minimum atomic E-state index is -0.928. The first-order valence-electron chi connectivity index (χ1n) is 6.64. The molecule has 0 spiro atoms. The molecule has 3 rings (SSSR count). The van der Waals surface area contributed by atoms with E-state index < -0.39 is 12.2 Å². The number of carbonyl (C=O) groups excluding carboxylic acids is 1. The van der Waals surface area contributed by atoms with E-state index in [1.165, 1.54) is 0 Å². The van der Waals surface area contributed by atoms with Crippen molar-refractivity contribution in [3.8, 4) is 11.5 Å². The van der Waals surface area contributed by atoms with E-state index in [-0.39, 0.29) is 25.7 Å². The first-order valence-corrected chi connectivity index (χ1v) is 6.64. The fourth-order valence-corrected chi connectivity index (χ4v) is 2.54. The molecule has 1 saturated heterocycles. The number of amides is 1. The van der Waals surface area contributed by atoms with Crippen LogP contribution in [-0.4, -0.2) is 43.4 Å². The van der Waals surface area contributed by atoms with Crippen molar-refractivity contribution < 1.29 is 18.7 Å². The fraction of sp³-hybridized carbons (Fsp3) is 0.500. The molecular formula is C14H17FN2O3. The molecule has 1 N–H and O–H groups in total. The lowest BCUT2D eigenvalue weighted by Crippen LogP contribution is -2.41. The average Bonchev–Trinajstić information content (AvgIpc) is 3.05. The summed E-state index contributed by atoms with van der Waals surface area (Å²) in [5.74, 6) is 1.34. The third-order valence-electron chi connectivity index (χ3n) is 3.61. The second-order valence-corrected chi connectivity index (χ2v) is 5.18. The number of hydrogen-bond donors (Lipinski definition) is 1. The molecule has 2 aliphatic rings. The van der Waals surface area contributed by atoms with E-state index in [9.17, 15) is 9.18 Å². The monoisotopic (exact) mass is 280 g/mol. The molecule has 2 aliphatic heterocycles. The minimum Gasteiger partial charge on any atom is -0.454 e. The maximum absolute atomic E-state index is 13.1. The van der Waals surface area contributed by atoms with Crippen LogP contribution < -0.4 is 14.8 Å². The molecule has 1 amide bonds. The summed E-state index contributed by atoms with van der Waals surface area (Å²) in [6.45, 7) is 0.955. The zero-order valence-electron chi connectivity index (χ0n) is 11.3. The topological polar surface area (TPSA) is 50.8 Å². The van der Waals surface area contributed by atoms with Gasteiger partial charge >= 0.3 is 0 Å². The van der Waals surface area contributed by atoms with Gasteiger partial charge in [-0.2, -0.15) is 0 Å². The number of likely N-dealkylation sites (N-methyl/N-ethyl adjacent to an activating group) is 1. The van der Waals surface area contributed by atoms with Crippen molar-refractivity contribution in [1.29, 1.82) is 0 Å². The highest BCUT2D eigenvalue weighted by atomic mass is 19.1. The Hall–Kier alpha value is -1.82. The molecule has 1 aromatic rings. The SMILES string of the molecule is CN(Cc1ccc2c(c1)OCO2)C(=O)[C@H]1C[C@H](F)CN1. The highest BCUT2D eigenvalue weighted by Gasteiger charge is 2.31. The number of rotatable bonds is 3. The molecule has 2 heterocycles. The molecule has 108 valence electrons. The molecule has 20 heavy (non-hydrogen) atoms. The van der Waals surface area contributed by atoms with Gasteiger partial charge < -0.3 is 19.7 Å². The van der Waals surface area contributed by atoms with E-state index in [0.717, 1.165) is 11.3 Å². The third kappa shape index (κ3) is 2.56. The van der Waals surface area contributed by atoms with Gasteiger partial charge in [0, 0.05) is 26.6 Å². The van der Waals surface area contributed by atoms with Crippen LogP contribution in [-0.2, 0) is 11.3 Å². The smallest absolute Gasteiger partial charge is 0.239 e. The second-order valence-electron chi connectivity index (χ2n) is 5.18. The Bertz CT molecular complexity index is 523. The first kappa shape index (κ1) is 13.2. The number of nitrogens with zero attached hydrogens (tertiary/aromatic N) is 1. The number of halogens is 1. The van der Waals surface area contributed by atoms with Gasteiger partial charge in [0.25, 0.3) is 0 Å². The van der Waals surface area contributed by atoms with Gasteiger partial charge in [0.1, 0.15) is 6.17 Å². The highest BCUT2D eigenvalue weighted by molar-refractivity contribution is 5.82. The van der Waals surface area contributed by atoms with Crippen molar-refractivity contribution in [2.75, 3.05) is 20.4 Å². The highest BCUT2D eigenvalue weighted by Crippen LogP contribution is 2.32. The molecule has 1 aromatic carbocycles. The van der Waals surface area contributed by atoms with Crippen LogP contribution in [0.25, 0.3) is 0 Å². The van der Waals surface area contributed by atoms with Crippen LogP contribution in [0.5, 0.6) is 11.5 Å². The lowest BCUT2D eigenvalue weighted by Gasteiger charge is -2.21. The Morgan fingerprint density at radius 1 is 1.45 bits per heavy atom. The van der Waals surface area contributed by atoms with Crippen molar-refractivity contribution in [2.45, 2.75) is 25.2 Å². The number of nitrogens with one attached hydrogen (secondary N) is 1. The van der Waals surface area contributed by atoms with Crippen molar-refractivity contribution in [3.05, 3.63) is 23.8 Å². The maximum atomic E-state index is 13.1. The standard InChI is InChI=1S/C14H17FN2O3/c1-17(14(18)11-5-10(15)6-16-11)7-9-2-3-12-13(4-9)20-8-19-12/h2-4,10-11,16H,5-8H2,1H3/t10-,11+/m0/s1. The summed E-state index contributed by atoms with van der Waals surface area (Å²) in [6.07, 6.45) is -0.674. The van der Waals surface area contributed by atoms with Gasteiger partial charge in [-0.3, -0.25) is 4.79 Å². The predicted octanol–water partition coefficient (Wildman–Crippen LogP) is 1.07. The quantitative estimate of drug-likeness (QED) is 0.900. The Labute approximate surface area is 116 Å². The molecular weight excluding hydrogens is 263 g/mol. The number of fused-ring (bicyclic) bond motifs is 1. The largest absolute Gasteiger partial charge is 0.454 e. The van der Waals surface area contributed by atoms with Crippen LogP contribution in [0.4, 0.5) is 4.39 Å². The van der Waals surface area contributed by atoms with Crippen molar-refractivity contribution in [2.24, 2.45) is 0 Å². The summed E-state index contributed by atoms with van der Waals surface area (Å²) in [7, 11) is 1.72. The van der Waals surface area contributed by atoms with Crippen LogP contribution in [0.2, 0.25) is 0 Å². The molecule has 6 heteroatoms. The number of carbonyl (C=O) groups is 1. The number of benzene rings is 1. The van der Waals surface area contributed by atoms with E-state index in [1.807, 2.05) is 18.2 Å². The van der Waals surface area contributed by atoms with Crippen LogP contribution in [0, 0.1) is 0 Å². The Morgan fingerprint density at radius 3 is 3.00 bits per heavy atom. The van der Waals surface area contributed by atoms with E-state index in [1.54, 1.807) is 11.9 Å². The van der Waals surface area contributed by atoms with E-state index >= 15 is 0 Å². The summed E-state index contributed by atoms with van der Waals surface area (Å²) in [4.78, 5) is 13.8. The molecule has 0 radical (unpaired) electrons. The van der Waals surface area contributed by atoms with E-state index in [2.05, 4.69) is 5.32 Å². The first-order chi connectivity index (χ1) is 9.63. The summed E-state index contributed by atoms with van der Waals surface area (Å²) in [5, 5.41) is 2.90. The molecule has 5 nitrogen and oxygen atoms in total. The molecule has 1 fully saturated rings. The molecule has 0 saturated carbocycles. The van der Waals surface area contributed by atoms with Crippen molar-refractivity contribution >= 4 is 5.91 Å². The molecule has 2 atom stereocenters. The van der Waals surface area contributed by atoms with Crippen LogP contribution in [0.3, 0.4) is 0 Å². The Balaban J connectivity index is 1.63. The normalized spacial score (nSPS) is 23.9. The van der Waals surface area contributed by atoms with Gasteiger partial charge in [-0.15, -0.1) is 0 Å². The van der Waals surface area contributed by atoms with Gasteiger partial charge in [0.05, 0.1) is 6.04 Å². The Kier molecular flexibility index (Phi) is 3.48. The van der Waals surface area contributed by atoms with E-state index in [4.69, 9.17) is 9.47 Å². The zero-order chi connectivity index (χ0) is 14.1. The van der Waals surface area contributed by atoms with Gasteiger partial charge in [0.15, 0.2) is 11.5 Å².